The highest BCUT2D eigenvalue weighted by molar-refractivity contribution is 5.85. The summed E-state index contributed by atoms with van der Waals surface area (Å²) in [6, 6.07) is 0. The third-order valence-electron chi connectivity index (χ3n) is 10.5. The normalized spacial score (nSPS) is 63.8. The molecule has 3 heteroatoms. The highest BCUT2D eigenvalue weighted by atomic mass is 16.6. The molecule has 0 unspecified atom stereocenters. The quantitative estimate of drug-likeness (QED) is 0.680. The molecule has 1 aliphatic heterocycles. The first-order valence-electron chi connectivity index (χ1n) is 10.5. The van der Waals surface area contributed by atoms with E-state index in [1.807, 2.05) is 0 Å². The number of carbonyl (C=O) groups excluding carboxylic acids is 1. The first-order chi connectivity index (χ1) is 11.9. The molecule has 5 fully saturated rings. The number of aliphatic hydroxyl groups excluding tert-OH is 1. The molecular formula is C22H30O3. The Hall–Kier alpha value is -0.830. The van der Waals surface area contributed by atoms with E-state index in [2.05, 4.69) is 19.9 Å². The van der Waals surface area contributed by atoms with Crippen LogP contribution in [-0.4, -0.2) is 22.8 Å². The maximum atomic E-state index is 11.9. The van der Waals surface area contributed by atoms with Crippen molar-refractivity contribution < 1.29 is 14.6 Å². The van der Waals surface area contributed by atoms with E-state index >= 15 is 0 Å². The van der Waals surface area contributed by atoms with Gasteiger partial charge in [-0.3, -0.25) is 0 Å². The Balaban J connectivity index is 1.40. The lowest BCUT2D eigenvalue weighted by Gasteiger charge is -2.60. The molecule has 0 saturated heterocycles. The van der Waals surface area contributed by atoms with Crippen LogP contribution in [0.15, 0.2) is 12.2 Å². The lowest BCUT2D eigenvalue weighted by atomic mass is 9.45. The van der Waals surface area contributed by atoms with E-state index in [0.29, 0.717) is 17.3 Å². The van der Waals surface area contributed by atoms with Gasteiger partial charge in [-0.25, -0.2) is 4.79 Å². The van der Waals surface area contributed by atoms with Crippen LogP contribution in [0.2, 0.25) is 0 Å². The number of rotatable bonds is 0. The van der Waals surface area contributed by atoms with Gasteiger partial charge in [-0.05, 0) is 86.5 Å². The molecule has 5 saturated carbocycles. The molecule has 0 amide bonds. The molecule has 136 valence electrons. The summed E-state index contributed by atoms with van der Waals surface area (Å²) in [6.45, 7) is 4.89. The standard InChI is InChI=1S/C22H30O3/c1-19-8-4-16-14(15(19)5-9-21(19)10-6-18(24)25-21)11-17(23)22-12-13(22)3-7-20(16,22)2/h6,10,13-17,23H,3-5,7-9,11-12H2,1-2H3/t13-,14+,15+,16+,17-,19+,20-,21-,22-/m1/s1. The van der Waals surface area contributed by atoms with Crippen molar-refractivity contribution in [3.63, 3.8) is 0 Å². The summed E-state index contributed by atoms with van der Waals surface area (Å²) in [5, 5.41) is 11.2. The summed E-state index contributed by atoms with van der Waals surface area (Å²) < 4.78 is 5.92. The van der Waals surface area contributed by atoms with E-state index in [-0.39, 0.29) is 28.5 Å². The lowest BCUT2D eigenvalue weighted by molar-refractivity contribution is -0.179. The summed E-state index contributed by atoms with van der Waals surface area (Å²) in [6.07, 6.45) is 13.1. The van der Waals surface area contributed by atoms with E-state index in [1.54, 1.807) is 6.08 Å². The topological polar surface area (TPSA) is 46.5 Å². The molecule has 6 rings (SSSR count). The average Bonchev–Trinajstić information content (AvgIpc) is 2.92. The maximum absolute atomic E-state index is 11.9. The second-order valence-corrected chi connectivity index (χ2v) is 10.7. The summed E-state index contributed by atoms with van der Waals surface area (Å²) in [7, 11) is 0. The van der Waals surface area contributed by atoms with Crippen molar-refractivity contribution in [3.05, 3.63) is 12.2 Å². The summed E-state index contributed by atoms with van der Waals surface area (Å²) in [5.74, 6) is 2.60. The van der Waals surface area contributed by atoms with E-state index in [0.717, 1.165) is 31.1 Å². The molecule has 0 aromatic carbocycles. The second kappa shape index (κ2) is 4.18. The van der Waals surface area contributed by atoms with Gasteiger partial charge in [0.25, 0.3) is 0 Å². The van der Waals surface area contributed by atoms with Crippen LogP contribution in [0.1, 0.15) is 65.2 Å². The Morgan fingerprint density at radius 1 is 1.08 bits per heavy atom. The fourth-order valence-corrected chi connectivity index (χ4v) is 9.23. The minimum Gasteiger partial charge on any atom is -0.451 e. The highest BCUT2D eigenvalue weighted by Crippen LogP contribution is 2.82. The number of carbonyl (C=O) groups is 1. The van der Waals surface area contributed by atoms with Gasteiger partial charge in [0.2, 0.25) is 0 Å². The van der Waals surface area contributed by atoms with Gasteiger partial charge in [-0.15, -0.1) is 0 Å². The predicted octanol–water partition coefficient (Wildman–Crippen LogP) is 3.85. The minimum atomic E-state index is -0.363. The Labute approximate surface area is 150 Å². The zero-order valence-corrected chi connectivity index (χ0v) is 15.5. The molecule has 1 N–H and O–H groups in total. The first-order valence-corrected chi connectivity index (χ1v) is 10.5. The van der Waals surface area contributed by atoms with Gasteiger partial charge < -0.3 is 9.84 Å². The van der Waals surface area contributed by atoms with Crippen LogP contribution < -0.4 is 0 Å². The molecule has 1 heterocycles. The van der Waals surface area contributed by atoms with Crippen LogP contribution in [0.4, 0.5) is 0 Å². The predicted molar refractivity (Wildman–Crippen MR) is 93.5 cm³/mol. The van der Waals surface area contributed by atoms with E-state index in [1.165, 1.54) is 32.1 Å². The van der Waals surface area contributed by atoms with Crippen LogP contribution in [-0.2, 0) is 9.53 Å². The van der Waals surface area contributed by atoms with Gasteiger partial charge >= 0.3 is 5.97 Å². The molecule has 2 spiro atoms. The summed E-state index contributed by atoms with van der Waals surface area (Å²) in [4.78, 5) is 11.9. The summed E-state index contributed by atoms with van der Waals surface area (Å²) in [5.41, 5.74) is 0.300. The Morgan fingerprint density at radius 2 is 1.80 bits per heavy atom. The molecule has 0 bridgehead atoms. The van der Waals surface area contributed by atoms with Gasteiger partial charge in [-0.2, -0.15) is 0 Å². The fraction of sp³-hybridized carbons (Fsp3) is 0.864. The van der Waals surface area contributed by atoms with E-state index in [9.17, 15) is 9.90 Å². The molecule has 0 radical (unpaired) electrons. The van der Waals surface area contributed by atoms with Crippen molar-refractivity contribution in [1.29, 1.82) is 0 Å². The van der Waals surface area contributed by atoms with Crippen LogP contribution >= 0.6 is 0 Å². The zero-order valence-electron chi connectivity index (χ0n) is 15.5. The number of hydrogen-bond acceptors (Lipinski definition) is 3. The highest BCUT2D eigenvalue weighted by Gasteiger charge is 2.78. The lowest BCUT2D eigenvalue weighted by Crippen LogP contribution is -2.58. The molecule has 9 atom stereocenters. The van der Waals surface area contributed by atoms with Crippen LogP contribution in [0.3, 0.4) is 0 Å². The third-order valence-corrected chi connectivity index (χ3v) is 10.5. The van der Waals surface area contributed by atoms with Gasteiger partial charge in [0.1, 0.15) is 5.60 Å². The number of esters is 1. The molecule has 25 heavy (non-hydrogen) atoms. The Morgan fingerprint density at radius 3 is 2.52 bits per heavy atom. The number of hydrogen-bond donors (Lipinski definition) is 1. The molecule has 3 nitrogen and oxygen atoms in total. The van der Waals surface area contributed by atoms with Crippen molar-refractivity contribution in [2.75, 3.05) is 0 Å². The van der Waals surface area contributed by atoms with Crippen LogP contribution in [0, 0.1) is 39.9 Å². The average molecular weight is 342 g/mol. The molecule has 6 aliphatic rings. The third kappa shape index (κ3) is 1.43. The smallest absolute Gasteiger partial charge is 0.331 e. The molecule has 0 aromatic rings. The van der Waals surface area contributed by atoms with Crippen molar-refractivity contribution in [2.24, 2.45) is 39.9 Å². The first kappa shape index (κ1) is 15.2. The number of aliphatic hydroxyl groups is 1. The second-order valence-electron chi connectivity index (χ2n) is 10.7. The monoisotopic (exact) mass is 342 g/mol. The van der Waals surface area contributed by atoms with Crippen molar-refractivity contribution in [1.82, 2.24) is 0 Å². The fourth-order valence-electron chi connectivity index (χ4n) is 9.23. The summed E-state index contributed by atoms with van der Waals surface area (Å²) >= 11 is 0. The molecule has 5 aliphatic carbocycles. The molecule has 0 aromatic heterocycles. The zero-order chi connectivity index (χ0) is 17.2. The Bertz CT molecular complexity index is 699. The van der Waals surface area contributed by atoms with Gasteiger partial charge in [-0.1, -0.05) is 13.8 Å². The Kier molecular flexibility index (Phi) is 2.55. The minimum absolute atomic E-state index is 0.0545. The van der Waals surface area contributed by atoms with Crippen LogP contribution in [0.25, 0.3) is 0 Å². The van der Waals surface area contributed by atoms with Gasteiger partial charge in [0, 0.05) is 16.9 Å². The molecular weight excluding hydrogens is 312 g/mol. The van der Waals surface area contributed by atoms with Gasteiger partial charge in [0.05, 0.1) is 6.10 Å². The van der Waals surface area contributed by atoms with E-state index in [4.69, 9.17) is 4.74 Å². The SMILES string of the molecule is C[C@]12CC[C@H]3[C@@H](C[C@@H](O)[C@@]45C[C@H]4CC[C@]35C)[C@@H]1CC[C@@]21C=CC(=O)O1. The number of fused-ring (bicyclic) bond motifs is 5. The maximum Gasteiger partial charge on any atom is 0.331 e. The van der Waals surface area contributed by atoms with Crippen molar-refractivity contribution in [2.45, 2.75) is 76.9 Å². The number of ether oxygens (including phenoxy) is 1. The van der Waals surface area contributed by atoms with Crippen molar-refractivity contribution in [3.8, 4) is 0 Å². The van der Waals surface area contributed by atoms with Crippen LogP contribution in [0.5, 0.6) is 0 Å². The van der Waals surface area contributed by atoms with Gasteiger partial charge in [0.15, 0.2) is 0 Å². The van der Waals surface area contributed by atoms with E-state index < -0.39 is 0 Å². The van der Waals surface area contributed by atoms with Crippen molar-refractivity contribution >= 4 is 5.97 Å². The largest absolute Gasteiger partial charge is 0.451 e.